The van der Waals surface area contributed by atoms with Crippen molar-refractivity contribution in [3.8, 4) is 5.88 Å². The number of hydrogen-bond donors (Lipinski definition) is 1. The average molecular weight is 487 g/mol. The molecule has 2 aromatic rings. The third kappa shape index (κ3) is 5.26. The zero-order valence-corrected chi connectivity index (χ0v) is 21.2. The molecule has 1 aromatic carbocycles. The number of carbonyl (C=O) groups excluding carboxylic acids is 1. The second-order valence-electron chi connectivity index (χ2n) is 9.58. The largest absolute Gasteiger partial charge is 0.471 e. The van der Waals surface area contributed by atoms with Gasteiger partial charge in [0.2, 0.25) is 15.9 Å². The number of nitrogens with zero attached hydrogens (tertiary/aromatic N) is 3. The van der Waals surface area contributed by atoms with E-state index in [1.807, 2.05) is 37.8 Å². The molecule has 9 heteroatoms. The number of carbonyl (C=O) groups is 1. The molecule has 1 amide bonds. The molecule has 1 fully saturated rings. The predicted molar refractivity (Wildman–Crippen MR) is 130 cm³/mol. The highest BCUT2D eigenvalue weighted by atomic mass is 32.2. The lowest BCUT2D eigenvalue weighted by Crippen LogP contribution is -2.48. The van der Waals surface area contributed by atoms with E-state index in [-0.39, 0.29) is 10.8 Å². The lowest BCUT2D eigenvalue weighted by molar-refractivity contribution is 0.0620. The van der Waals surface area contributed by atoms with Crippen LogP contribution in [0.1, 0.15) is 61.6 Å². The summed E-state index contributed by atoms with van der Waals surface area (Å²) in [7, 11) is -3.77. The van der Waals surface area contributed by atoms with E-state index in [0.717, 1.165) is 31.6 Å². The Balaban J connectivity index is 1.60. The maximum absolute atomic E-state index is 13.2. The third-order valence-corrected chi connectivity index (χ3v) is 8.10. The Kier molecular flexibility index (Phi) is 6.98. The summed E-state index contributed by atoms with van der Waals surface area (Å²) in [6.07, 6.45) is 2.79. The van der Waals surface area contributed by atoms with Gasteiger partial charge in [-0.3, -0.25) is 4.79 Å². The fraction of sp³-hybridized carbons (Fsp3) is 0.520. The van der Waals surface area contributed by atoms with E-state index in [4.69, 9.17) is 4.74 Å². The SMILES string of the molecule is CCc1ccc(S(=O)(=O)N[C@H]2CC(C)(C)Oc3ncc(C(=O)N4CCN(CC)CC4)cc32)cc1. The lowest BCUT2D eigenvalue weighted by atomic mass is 9.91. The van der Waals surface area contributed by atoms with Gasteiger partial charge in [0.05, 0.1) is 16.5 Å². The topological polar surface area (TPSA) is 91.8 Å². The van der Waals surface area contributed by atoms with Crippen molar-refractivity contribution in [2.45, 2.75) is 57.1 Å². The number of pyridine rings is 1. The summed E-state index contributed by atoms with van der Waals surface area (Å²) in [4.78, 5) is 21.9. The van der Waals surface area contributed by atoms with Gasteiger partial charge in [-0.25, -0.2) is 18.1 Å². The van der Waals surface area contributed by atoms with E-state index < -0.39 is 21.7 Å². The normalized spacial score (nSPS) is 20.5. The Hall–Kier alpha value is -2.49. The zero-order chi connectivity index (χ0) is 24.5. The minimum atomic E-state index is -3.77. The van der Waals surface area contributed by atoms with Crippen LogP contribution in [0.5, 0.6) is 5.88 Å². The fourth-order valence-electron chi connectivity index (χ4n) is 4.54. The number of ether oxygens (including phenoxy) is 1. The highest BCUT2D eigenvalue weighted by Gasteiger charge is 2.38. The summed E-state index contributed by atoms with van der Waals surface area (Å²) in [6, 6.07) is 8.08. The van der Waals surface area contributed by atoms with Crippen LogP contribution >= 0.6 is 0 Å². The van der Waals surface area contributed by atoms with Crippen molar-refractivity contribution in [2.24, 2.45) is 0 Å². The zero-order valence-electron chi connectivity index (χ0n) is 20.4. The van der Waals surface area contributed by atoms with Gasteiger partial charge in [-0.15, -0.1) is 0 Å². The molecule has 0 aliphatic carbocycles. The summed E-state index contributed by atoms with van der Waals surface area (Å²) in [6.45, 7) is 11.9. The Morgan fingerprint density at radius 2 is 1.82 bits per heavy atom. The Bertz CT molecular complexity index is 1140. The van der Waals surface area contributed by atoms with Crippen molar-refractivity contribution < 1.29 is 17.9 Å². The van der Waals surface area contributed by atoms with Crippen LogP contribution in [0.2, 0.25) is 0 Å². The number of nitrogens with one attached hydrogen (secondary N) is 1. The molecular formula is C25H34N4O4S. The van der Waals surface area contributed by atoms with Gasteiger partial charge in [-0.2, -0.15) is 0 Å². The molecular weight excluding hydrogens is 452 g/mol. The quantitative estimate of drug-likeness (QED) is 0.675. The first-order valence-corrected chi connectivity index (χ1v) is 13.4. The van der Waals surface area contributed by atoms with Crippen LogP contribution < -0.4 is 9.46 Å². The number of sulfonamides is 1. The van der Waals surface area contributed by atoms with Gasteiger partial charge in [0.25, 0.3) is 5.91 Å². The molecule has 34 heavy (non-hydrogen) atoms. The van der Waals surface area contributed by atoms with Crippen LogP contribution in [0, 0.1) is 0 Å². The van der Waals surface area contributed by atoms with Crippen molar-refractivity contribution in [3.63, 3.8) is 0 Å². The number of rotatable bonds is 6. The molecule has 3 heterocycles. The summed E-state index contributed by atoms with van der Waals surface area (Å²) < 4.78 is 35.3. The highest BCUT2D eigenvalue weighted by Crippen LogP contribution is 2.39. The smallest absolute Gasteiger partial charge is 0.255 e. The first-order valence-electron chi connectivity index (χ1n) is 11.9. The maximum Gasteiger partial charge on any atom is 0.255 e. The molecule has 2 aliphatic rings. The van der Waals surface area contributed by atoms with Crippen LogP contribution in [-0.4, -0.2) is 67.4 Å². The van der Waals surface area contributed by atoms with Crippen LogP contribution in [-0.2, 0) is 16.4 Å². The highest BCUT2D eigenvalue weighted by molar-refractivity contribution is 7.89. The summed E-state index contributed by atoms with van der Waals surface area (Å²) in [5.41, 5.74) is 1.50. The molecule has 1 saturated heterocycles. The second kappa shape index (κ2) is 9.64. The fourth-order valence-corrected chi connectivity index (χ4v) is 5.76. The van der Waals surface area contributed by atoms with Crippen LogP contribution in [0.15, 0.2) is 41.4 Å². The monoisotopic (exact) mass is 486 g/mol. The number of fused-ring (bicyclic) bond motifs is 1. The van der Waals surface area contributed by atoms with Crippen molar-refractivity contribution in [1.29, 1.82) is 0 Å². The summed E-state index contributed by atoms with van der Waals surface area (Å²) in [5.74, 6) is 0.269. The molecule has 0 unspecified atom stereocenters. The maximum atomic E-state index is 13.2. The van der Waals surface area contributed by atoms with E-state index >= 15 is 0 Å². The third-order valence-electron chi connectivity index (χ3n) is 6.62. The molecule has 1 N–H and O–H groups in total. The van der Waals surface area contributed by atoms with Crippen molar-refractivity contribution in [1.82, 2.24) is 19.5 Å². The molecule has 184 valence electrons. The second-order valence-corrected chi connectivity index (χ2v) is 11.3. The van der Waals surface area contributed by atoms with E-state index in [1.165, 1.54) is 6.20 Å². The Morgan fingerprint density at radius 1 is 1.15 bits per heavy atom. The number of amides is 1. The molecule has 0 saturated carbocycles. The summed E-state index contributed by atoms with van der Waals surface area (Å²) in [5, 5.41) is 0. The van der Waals surface area contributed by atoms with E-state index in [2.05, 4.69) is 21.5 Å². The van der Waals surface area contributed by atoms with Gasteiger partial charge in [0.1, 0.15) is 5.60 Å². The molecule has 8 nitrogen and oxygen atoms in total. The Morgan fingerprint density at radius 3 is 2.44 bits per heavy atom. The van der Waals surface area contributed by atoms with Crippen LogP contribution in [0.25, 0.3) is 0 Å². The van der Waals surface area contributed by atoms with Crippen LogP contribution in [0.3, 0.4) is 0 Å². The van der Waals surface area contributed by atoms with E-state index in [9.17, 15) is 13.2 Å². The van der Waals surface area contributed by atoms with Gasteiger partial charge < -0.3 is 14.5 Å². The molecule has 1 atom stereocenters. The van der Waals surface area contributed by atoms with Crippen molar-refractivity contribution in [3.05, 3.63) is 53.2 Å². The number of benzene rings is 1. The summed E-state index contributed by atoms with van der Waals surface area (Å²) >= 11 is 0. The number of piperazine rings is 1. The standard InChI is InChI=1S/C25H34N4O4S/c1-5-18-7-9-20(10-8-18)34(31,32)27-22-16-25(3,4)33-23-21(22)15-19(17-26-23)24(30)29-13-11-28(6-2)12-14-29/h7-10,15,17,22,27H,5-6,11-14,16H2,1-4H3/t22-/m0/s1. The van der Waals surface area contributed by atoms with Gasteiger partial charge in [0.15, 0.2) is 0 Å². The van der Waals surface area contributed by atoms with Crippen LogP contribution in [0.4, 0.5) is 0 Å². The molecule has 1 aromatic heterocycles. The van der Waals surface area contributed by atoms with Gasteiger partial charge >= 0.3 is 0 Å². The number of aromatic nitrogens is 1. The van der Waals surface area contributed by atoms with Gasteiger partial charge in [-0.05, 0) is 50.6 Å². The Labute approximate surface area is 202 Å². The lowest BCUT2D eigenvalue weighted by Gasteiger charge is -2.37. The first-order chi connectivity index (χ1) is 16.1. The van der Waals surface area contributed by atoms with Crippen molar-refractivity contribution in [2.75, 3.05) is 32.7 Å². The molecule has 4 rings (SSSR count). The molecule has 0 spiro atoms. The van der Waals surface area contributed by atoms with Crippen molar-refractivity contribution >= 4 is 15.9 Å². The number of hydrogen-bond acceptors (Lipinski definition) is 6. The molecule has 2 aliphatic heterocycles. The molecule has 0 radical (unpaired) electrons. The molecule has 0 bridgehead atoms. The van der Waals surface area contributed by atoms with E-state index in [0.29, 0.717) is 36.5 Å². The number of likely N-dealkylation sites (N-methyl/N-ethyl adjacent to an activating group) is 1. The van der Waals surface area contributed by atoms with E-state index in [1.54, 1.807) is 18.2 Å². The minimum Gasteiger partial charge on any atom is -0.471 e. The first kappa shape index (κ1) is 24.6. The van der Waals surface area contributed by atoms with Gasteiger partial charge in [0, 0.05) is 44.4 Å². The number of aryl methyl sites for hydroxylation is 1. The van der Waals surface area contributed by atoms with Gasteiger partial charge in [-0.1, -0.05) is 26.0 Å². The average Bonchev–Trinajstić information content (AvgIpc) is 2.82. The minimum absolute atomic E-state index is 0.0901. The predicted octanol–water partition coefficient (Wildman–Crippen LogP) is 3.00.